The summed E-state index contributed by atoms with van der Waals surface area (Å²) in [4.78, 5) is 21.2. The molecule has 1 aliphatic heterocycles. The van der Waals surface area contributed by atoms with Crippen molar-refractivity contribution >= 4 is 11.7 Å². The molecule has 1 amide bonds. The summed E-state index contributed by atoms with van der Waals surface area (Å²) < 4.78 is 0. The van der Waals surface area contributed by atoms with Gasteiger partial charge in [0, 0.05) is 26.2 Å². The van der Waals surface area contributed by atoms with Crippen LogP contribution in [0.4, 0.5) is 5.82 Å². The van der Waals surface area contributed by atoms with Crippen LogP contribution in [0, 0.1) is 0 Å². The van der Waals surface area contributed by atoms with Gasteiger partial charge in [0.05, 0.1) is 0 Å². The Balaban J connectivity index is 2.04. The Morgan fingerprint density at radius 3 is 3.05 bits per heavy atom. The number of nitrogens with one attached hydrogen (secondary N) is 1. The van der Waals surface area contributed by atoms with Gasteiger partial charge in [-0.05, 0) is 45.0 Å². The number of hydrogen-bond donors (Lipinski definition) is 1. The second-order valence-corrected chi connectivity index (χ2v) is 5.81. The minimum atomic E-state index is 0.00967. The molecule has 1 atom stereocenters. The van der Waals surface area contributed by atoms with E-state index in [9.17, 15) is 4.79 Å². The average Bonchev–Trinajstić information content (AvgIpc) is 2.51. The van der Waals surface area contributed by atoms with Crippen molar-refractivity contribution in [3.05, 3.63) is 23.9 Å². The van der Waals surface area contributed by atoms with Crippen LogP contribution in [-0.2, 0) is 0 Å². The van der Waals surface area contributed by atoms with Crippen molar-refractivity contribution < 1.29 is 4.79 Å². The highest BCUT2D eigenvalue weighted by Gasteiger charge is 2.25. The predicted octanol–water partition coefficient (Wildman–Crippen LogP) is 2.07. The van der Waals surface area contributed by atoms with E-state index in [2.05, 4.69) is 29.2 Å². The molecule has 2 heterocycles. The Bertz CT molecular complexity index is 477. The van der Waals surface area contributed by atoms with Crippen LogP contribution in [0.25, 0.3) is 0 Å². The summed E-state index contributed by atoms with van der Waals surface area (Å²) >= 11 is 0. The van der Waals surface area contributed by atoms with Crippen molar-refractivity contribution in [3.8, 4) is 0 Å². The minimum Gasteiger partial charge on any atom is -0.370 e. The number of likely N-dealkylation sites (N-methyl/N-ethyl adjacent to an activating group) is 2. The summed E-state index contributed by atoms with van der Waals surface area (Å²) in [5, 5.41) is 3.23. The van der Waals surface area contributed by atoms with Crippen molar-refractivity contribution in [1.29, 1.82) is 0 Å². The first kappa shape index (κ1) is 15.8. The molecule has 1 saturated heterocycles. The van der Waals surface area contributed by atoms with Gasteiger partial charge in [0.2, 0.25) is 0 Å². The Morgan fingerprint density at radius 2 is 2.33 bits per heavy atom. The SMILES string of the molecule is CCCNc1cccc(C(=O)N(C)C2CCCN(C)C2)n1. The molecule has 0 bridgehead atoms. The van der Waals surface area contributed by atoms with Crippen molar-refractivity contribution in [3.63, 3.8) is 0 Å². The molecule has 5 nitrogen and oxygen atoms in total. The van der Waals surface area contributed by atoms with Crippen LogP contribution in [-0.4, -0.2) is 60.5 Å². The maximum atomic E-state index is 12.6. The van der Waals surface area contributed by atoms with E-state index in [1.807, 2.05) is 24.1 Å². The minimum absolute atomic E-state index is 0.00967. The van der Waals surface area contributed by atoms with E-state index in [-0.39, 0.29) is 11.9 Å². The van der Waals surface area contributed by atoms with Gasteiger partial charge < -0.3 is 15.1 Å². The van der Waals surface area contributed by atoms with Crippen LogP contribution in [0.5, 0.6) is 0 Å². The number of aromatic nitrogens is 1. The molecule has 1 N–H and O–H groups in total. The average molecular weight is 290 g/mol. The van der Waals surface area contributed by atoms with Crippen LogP contribution in [0.15, 0.2) is 18.2 Å². The van der Waals surface area contributed by atoms with Gasteiger partial charge in [0.25, 0.3) is 5.91 Å². The van der Waals surface area contributed by atoms with Crippen LogP contribution in [0.3, 0.4) is 0 Å². The summed E-state index contributed by atoms with van der Waals surface area (Å²) in [6.07, 6.45) is 3.25. The zero-order valence-electron chi connectivity index (χ0n) is 13.3. The number of carbonyl (C=O) groups is 1. The lowest BCUT2D eigenvalue weighted by Gasteiger charge is -2.35. The molecular formula is C16H26N4O. The lowest BCUT2D eigenvalue weighted by molar-refractivity contribution is 0.0638. The first-order valence-corrected chi connectivity index (χ1v) is 7.78. The number of nitrogens with zero attached hydrogens (tertiary/aromatic N) is 3. The van der Waals surface area contributed by atoms with Gasteiger partial charge in [-0.15, -0.1) is 0 Å². The van der Waals surface area contributed by atoms with Crippen molar-refractivity contribution in [2.75, 3.05) is 39.0 Å². The summed E-state index contributed by atoms with van der Waals surface area (Å²) in [6, 6.07) is 5.87. The fourth-order valence-electron chi connectivity index (χ4n) is 2.71. The van der Waals surface area contributed by atoms with E-state index in [1.165, 1.54) is 0 Å². The van der Waals surface area contributed by atoms with Crippen LogP contribution >= 0.6 is 0 Å². The van der Waals surface area contributed by atoms with E-state index in [1.54, 1.807) is 6.07 Å². The third-order valence-electron chi connectivity index (χ3n) is 3.99. The molecule has 21 heavy (non-hydrogen) atoms. The second kappa shape index (κ2) is 7.41. The molecule has 0 spiro atoms. The number of piperidine rings is 1. The normalized spacial score (nSPS) is 19.3. The van der Waals surface area contributed by atoms with E-state index < -0.39 is 0 Å². The van der Waals surface area contributed by atoms with Gasteiger partial charge in [-0.1, -0.05) is 13.0 Å². The first-order chi connectivity index (χ1) is 10.1. The zero-order chi connectivity index (χ0) is 15.2. The Labute approximate surface area is 127 Å². The van der Waals surface area contributed by atoms with Gasteiger partial charge in [-0.2, -0.15) is 0 Å². The smallest absolute Gasteiger partial charge is 0.272 e. The maximum absolute atomic E-state index is 12.6. The van der Waals surface area contributed by atoms with Gasteiger partial charge >= 0.3 is 0 Å². The number of carbonyl (C=O) groups excluding carboxylic acids is 1. The Kier molecular flexibility index (Phi) is 5.56. The third kappa shape index (κ3) is 4.17. The Hall–Kier alpha value is -1.62. The van der Waals surface area contributed by atoms with Crippen LogP contribution in [0.1, 0.15) is 36.7 Å². The number of anilines is 1. The van der Waals surface area contributed by atoms with Crippen molar-refractivity contribution in [2.45, 2.75) is 32.2 Å². The highest BCUT2D eigenvalue weighted by molar-refractivity contribution is 5.92. The number of rotatable bonds is 5. The van der Waals surface area contributed by atoms with Gasteiger partial charge in [0.1, 0.15) is 11.5 Å². The summed E-state index contributed by atoms with van der Waals surface area (Å²) in [5.41, 5.74) is 0.520. The first-order valence-electron chi connectivity index (χ1n) is 7.78. The van der Waals surface area contributed by atoms with Crippen molar-refractivity contribution in [2.24, 2.45) is 0 Å². The molecule has 0 saturated carbocycles. The monoisotopic (exact) mass is 290 g/mol. The van der Waals surface area contributed by atoms with E-state index in [0.29, 0.717) is 5.69 Å². The Morgan fingerprint density at radius 1 is 1.52 bits per heavy atom. The molecule has 2 rings (SSSR count). The molecule has 0 aliphatic carbocycles. The molecule has 1 aromatic rings. The summed E-state index contributed by atoms with van der Waals surface area (Å²) in [7, 11) is 4.00. The number of amides is 1. The van der Waals surface area contributed by atoms with Crippen LogP contribution in [0.2, 0.25) is 0 Å². The van der Waals surface area contributed by atoms with Crippen LogP contribution < -0.4 is 5.32 Å². The fraction of sp³-hybridized carbons (Fsp3) is 0.625. The molecule has 5 heteroatoms. The standard InChI is InChI=1S/C16H26N4O/c1-4-10-17-15-9-5-8-14(18-15)16(21)20(3)13-7-6-11-19(2)12-13/h5,8-9,13H,4,6-7,10-12H2,1-3H3,(H,17,18). The predicted molar refractivity (Wildman–Crippen MR) is 85.6 cm³/mol. The lowest BCUT2D eigenvalue weighted by Crippen LogP contribution is -2.47. The third-order valence-corrected chi connectivity index (χ3v) is 3.99. The fourth-order valence-corrected chi connectivity index (χ4v) is 2.71. The molecule has 1 fully saturated rings. The van der Waals surface area contributed by atoms with E-state index in [0.717, 1.165) is 44.7 Å². The summed E-state index contributed by atoms with van der Waals surface area (Å²) in [5.74, 6) is 0.785. The molecule has 1 unspecified atom stereocenters. The summed E-state index contributed by atoms with van der Waals surface area (Å²) in [6.45, 7) is 5.03. The molecule has 0 aromatic carbocycles. The molecule has 116 valence electrons. The maximum Gasteiger partial charge on any atom is 0.272 e. The number of likely N-dealkylation sites (tertiary alicyclic amines) is 1. The molecule has 1 aromatic heterocycles. The number of pyridine rings is 1. The number of hydrogen-bond acceptors (Lipinski definition) is 4. The topological polar surface area (TPSA) is 48.5 Å². The van der Waals surface area contributed by atoms with E-state index >= 15 is 0 Å². The van der Waals surface area contributed by atoms with Gasteiger partial charge in [0.15, 0.2) is 0 Å². The highest BCUT2D eigenvalue weighted by Crippen LogP contribution is 2.16. The van der Waals surface area contributed by atoms with Gasteiger partial charge in [-0.3, -0.25) is 4.79 Å². The molecule has 1 aliphatic rings. The largest absolute Gasteiger partial charge is 0.370 e. The molecule has 0 radical (unpaired) electrons. The van der Waals surface area contributed by atoms with Gasteiger partial charge in [-0.25, -0.2) is 4.98 Å². The highest BCUT2D eigenvalue weighted by atomic mass is 16.2. The van der Waals surface area contributed by atoms with Crippen molar-refractivity contribution in [1.82, 2.24) is 14.8 Å². The zero-order valence-corrected chi connectivity index (χ0v) is 13.3. The molecular weight excluding hydrogens is 264 g/mol. The second-order valence-electron chi connectivity index (χ2n) is 5.81. The van der Waals surface area contributed by atoms with E-state index in [4.69, 9.17) is 0 Å². The lowest BCUT2D eigenvalue weighted by atomic mass is 10.0. The quantitative estimate of drug-likeness (QED) is 0.902.